The number of hydrogen-bond acceptors (Lipinski definition) is 3. The minimum Gasteiger partial charge on any atom is -0.361 e. The number of aliphatic hydroxyl groups is 1. The third-order valence-electron chi connectivity index (χ3n) is 4.34. The van der Waals surface area contributed by atoms with Crippen LogP contribution in [0.5, 0.6) is 0 Å². The van der Waals surface area contributed by atoms with Crippen molar-refractivity contribution in [2.75, 3.05) is 13.6 Å². The number of rotatable bonds is 2. The molecule has 1 heterocycles. The van der Waals surface area contributed by atoms with Gasteiger partial charge in [0.05, 0.1) is 6.54 Å². The number of morpholine rings is 1. The summed E-state index contributed by atoms with van der Waals surface area (Å²) < 4.78 is 6.14. The maximum absolute atomic E-state index is 11.0. The van der Waals surface area contributed by atoms with E-state index in [0.29, 0.717) is 11.6 Å². The largest absolute Gasteiger partial charge is 0.361 e. The second kappa shape index (κ2) is 6.01. The van der Waals surface area contributed by atoms with E-state index in [1.807, 2.05) is 49.5 Å². The molecule has 3 atom stereocenters. The first kappa shape index (κ1) is 15.5. The Kier molecular flexibility index (Phi) is 4.24. The quantitative estimate of drug-likeness (QED) is 0.919. The number of benzene rings is 2. The molecule has 0 saturated carbocycles. The Balaban J connectivity index is 1.95. The van der Waals surface area contributed by atoms with Gasteiger partial charge < -0.3 is 9.84 Å². The Hall–Kier alpha value is -1.39. The highest BCUT2D eigenvalue weighted by molar-refractivity contribution is 6.30. The van der Waals surface area contributed by atoms with E-state index < -0.39 is 5.79 Å². The van der Waals surface area contributed by atoms with Gasteiger partial charge in [-0.05, 0) is 31.7 Å². The van der Waals surface area contributed by atoms with Crippen LogP contribution in [-0.2, 0) is 10.5 Å². The Bertz CT molecular complexity index is 631. The molecule has 116 valence electrons. The van der Waals surface area contributed by atoms with Gasteiger partial charge in [0.1, 0.15) is 6.10 Å². The van der Waals surface area contributed by atoms with E-state index in [1.54, 1.807) is 12.1 Å². The van der Waals surface area contributed by atoms with Gasteiger partial charge in [-0.25, -0.2) is 0 Å². The van der Waals surface area contributed by atoms with E-state index in [2.05, 4.69) is 11.8 Å². The number of halogens is 1. The zero-order valence-electron chi connectivity index (χ0n) is 12.7. The van der Waals surface area contributed by atoms with E-state index in [1.165, 1.54) is 0 Å². The van der Waals surface area contributed by atoms with E-state index in [9.17, 15) is 5.11 Å². The average molecular weight is 318 g/mol. The predicted octanol–water partition coefficient (Wildman–Crippen LogP) is 3.58. The Morgan fingerprint density at radius 1 is 1.14 bits per heavy atom. The van der Waals surface area contributed by atoms with Crippen molar-refractivity contribution in [2.24, 2.45) is 0 Å². The summed E-state index contributed by atoms with van der Waals surface area (Å²) in [5.74, 6) is -1.34. The van der Waals surface area contributed by atoms with E-state index in [-0.39, 0.29) is 12.1 Å². The fraction of sp³-hybridized carbons (Fsp3) is 0.333. The van der Waals surface area contributed by atoms with Gasteiger partial charge >= 0.3 is 0 Å². The van der Waals surface area contributed by atoms with Gasteiger partial charge in [0.25, 0.3) is 0 Å². The first-order valence-corrected chi connectivity index (χ1v) is 7.79. The maximum Gasteiger partial charge on any atom is 0.206 e. The second-order valence-electron chi connectivity index (χ2n) is 5.90. The molecule has 1 N–H and O–H groups in total. The van der Waals surface area contributed by atoms with Gasteiger partial charge in [0.15, 0.2) is 0 Å². The Morgan fingerprint density at radius 3 is 2.41 bits per heavy atom. The Morgan fingerprint density at radius 2 is 1.77 bits per heavy atom. The van der Waals surface area contributed by atoms with E-state index in [0.717, 1.165) is 11.1 Å². The molecule has 1 aliphatic heterocycles. The molecule has 3 rings (SSSR count). The van der Waals surface area contributed by atoms with Crippen LogP contribution >= 0.6 is 11.6 Å². The molecule has 0 aromatic heterocycles. The minimum absolute atomic E-state index is 0.176. The van der Waals surface area contributed by atoms with Gasteiger partial charge in [0.2, 0.25) is 5.79 Å². The van der Waals surface area contributed by atoms with Crippen LogP contribution in [0.25, 0.3) is 0 Å². The van der Waals surface area contributed by atoms with Crippen molar-refractivity contribution in [2.45, 2.75) is 24.9 Å². The molecule has 2 aromatic carbocycles. The molecule has 0 radical (unpaired) electrons. The topological polar surface area (TPSA) is 32.7 Å². The number of β-amino-alcohol motifs (C(OH)–C–C–N with tert-alkyl or cyclic N) is 1. The summed E-state index contributed by atoms with van der Waals surface area (Å²) in [6.45, 7) is 2.53. The molecular weight excluding hydrogens is 298 g/mol. The minimum atomic E-state index is -1.34. The van der Waals surface area contributed by atoms with Crippen molar-refractivity contribution in [1.29, 1.82) is 0 Å². The van der Waals surface area contributed by atoms with Crippen molar-refractivity contribution in [3.05, 3.63) is 70.7 Å². The average Bonchev–Trinajstić information content (AvgIpc) is 2.52. The van der Waals surface area contributed by atoms with Gasteiger partial charge in [0, 0.05) is 16.6 Å². The first-order chi connectivity index (χ1) is 10.5. The van der Waals surface area contributed by atoms with Crippen molar-refractivity contribution in [3.8, 4) is 0 Å². The zero-order valence-corrected chi connectivity index (χ0v) is 13.5. The van der Waals surface area contributed by atoms with Crippen LogP contribution in [0.1, 0.15) is 24.2 Å². The highest BCUT2D eigenvalue weighted by Gasteiger charge is 2.43. The predicted molar refractivity (Wildman–Crippen MR) is 87.7 cm³/mol. The number of ether oxygens (including phenoxy) is 1. The van der Waals surface area contributed by atoms with Crippen LogP contribution in [0.2, 0.25) is 5.02 Å². The zero-order chi connectivity index (χ0) is 15.7. The molecule has 1 fully saturated rings. The summed E-state index contributed by atoms with van der Waals surface area (Å²) in [5.41, 5.74) is 1.78. The summed E-state index contributed by atoms with van der Waals surface area (Å²) in [4.78, 5) is 2.12. The SMILES string of the molecule is C[C@H]1[C@H](c2ccccc2)O[C@](O)(c2ccc(Cl)cc2)CN1C. The van der Waals surface area contributed by atoms with Crippen molar-refractivity contribution < 1.29 is 9.84 Å². The van der Waals surface area contributed by atoms with Gasteiger partial charge in [-0.2, -0.15) is 0 Å². The lowest BCUT2D eigenvalue weighted by Crippen LogP contribution is -2.53. The monoisotopic (exact) mass is 317 g/mol. The molecule has 0 bridgehead atoms. The number of nitrogens with zero attached hydrogens (tertiary/aromatic N) is 1. The summed E-state index contributed by atoms with van der Waals surface area (Å²) in [6, 6.07) is 17.4. The summed E-state index contributed by atoms with van der Waals surface area (Å²) in [5, 5.41) is 11.7. The molecule has 0 aliphatic carbocycles. The van der Waals surface area contributed by atoms with Gasteiger partial charge in [-0.1, -0.05) is 54.1 Å². The molecule has 2 aromatic rings. The molecule has 0 spiro atoms. The van der Waals surface area contributed by atoms with Crippen LogP contribution in [0.15, 0.2) is 54.6 Å². The van der Waals surface area contributed by atoms with Crippen LogP contribution in [0, 0.1) is 0 Å². The fourth-order valence-corrected chi connectivity index (χ4v) is 3.04. The van der Waals surface area contributed by atoms with Crippen LogP contribution in [0.4, 0.5) is 0 Å². The van der Waals surface area contributed by atoms with Gasteiger partial charge in [-0.3, -0.25) is 4.90 Å². The fourth-order valence-electron chi connectivity index (χ4n) is 2.92. The molecule has 1 aliphatic rings. The molecule has 4 heteroatoms. The summed E-state index contributed by atoms with van der Waals surface area (Å²) in [7, 11) is 2.00. The van der Waals surface area contributed by atoms with Crippen molar-refractivity contribution in [1.82, 2.24) is 4.90 Å². The summed E-state index contributed by atoms with van der Waals surface area (Å²) in [6.07, 6.45) is -0.194. The molecule has 0 unspecified atom stereocenters. The smallest absolute Gasteiger partial charge is 0.206 e. The van der Waals surface area contributed by atoms with Gasteiger partial charge in [-0.15, -0.1) is 0 Å². The normalized spacial score (nSPS) is 29.5. The number of likely N-dealkylation sites (N-methyl/N-ethyl adjacent to an activating group) is 1. The highest BCUT2D eigenvalue weighted by atomic mass is 35.5. The van der Waals surface area contributed by atoms with Crippen molar-refractivity contribution in [3.63, 3.8) is 0 Å². The summed E-state index contributed by atoms with van der Waals surface area (Å²) >= 11 is 5.94. The Labute approximate surface area is 136 Å². The molecular formula is C18H20ClNO2. The van der Waals surface area contributed by atoms with Crippen molar-refractivity contribution >= 4 is 11.6 Å². The lowest BCUT2D eigenvalue weighted by Gasteiger charge is -2.46. The van der Waals surface area contributed by atoms with Crippen LogP contribution in [0.3, 0.4) is 0 Å². The highest BCUT2D eigenvalue weighted by Crippen LogP contribution is 2.39. The standard InChI is InChI=1S/C18H20ClNO2/c1-13-17(14-6-4-3-5-7-14)22-18(21,12-20(13)2)15-8-10-16(19)11-9-15/h3-11,13,17,21H,12H2,1-2H3/t13-,17+,18-/m0/s1. The lowest BCUT2D eigenvalue weighted by atomic mass is 9.96. The lowest BCUT2D eigenvalue weighted by molar-refractivity contribution is -0.289. The first-order valence-electron chi connectivity index (χ1n) is 7.41. The maximum atomic E-state index is 11.0. The molecule has 22 heavy (non-hydrogen) atoms. The van der Waals surface area contributed by atoms with E-state index >= 15 is 0 Å². The molecule has 1 saturated heterocycles. The number of hydrogen-bond donors (Lipinski definition) is 1. The van der Waals surface area contributed by atoms with E-state index in [4.69, 9.17) is 16.3 Å². The molecule has 3 nitrogen and oxygen atoms in total. The molecule has 0 amide bonds. The third kappa shape index (κ3) is 2.90. The third-order valence-corrected chi connectivity index (χ3v) is 4.59. The van der Waals surface area contributed by atoms with Crippen LogP contribution in [-0.4, -0.2) is 29.6 Å². The second-order valence-corrected chi connectivity index (χ2v) is 6.33. The van der Waals surface area contributed by atoms with Crippen LogP contribution < -0.4 is 0 Å².